The molecule has 3 aliphatic rings. The molecule has 1 fully saturated rings. The zero-order valence-corrected chi connectivity index (χ0v) is 28.0. The SMILES string of the molecule is C=Cc1c2[nH]c(c1C)/C=C1\NC(C3=C(C(=O)OC)C(=O)c4c3[n-]c(c4C)/C=c3\[n-]/c(c(C=O)c3CC)=C\2)[C@@H](CCC(=O)O)[C@@H]1C.[Mg+2]. The predicted octanol–water partition coefficient (Wildman–Crippen LogP) is 2.41. The molecule has 3 N–H and O–H groups in total. The summed E-state index contributed by atoms with van der Waals surface area (Å²) in [6.07, 6.45) is 8.94. The van der Waals surface area contributed by atoms with Crippen molar-refractivity contribution in [2.45, 2.75) is 53.0 Å². The minimum absolute atomic E-state index is 0. The first-order valence-corrected chi connectivity index (χ1v) is 15.0. The molecule has 1 saturated heterocycles. The Morgan fingerprint density at radius 2 is 1.83 bits per heavy atom. The molecule has 0 radical (unpaired) electrons. The normalized spacial score (nSPS) is 22.1. The van der Waals surface area contributed by atoms with E-state index >= 15 is 0 Å². The topological polar surface area (TPSA) is 154 Å². The standard InChI is InChI=1S/C35H36N4O6.Mg/c1-7-18-15(3)22-11-23-16(4)20(9-10-28(41)42)32(38-23)30-31(35(44)45-6)34(43)29-17(5)24(39-33(29)30)12-26-19(8-2)21(14-40)27(37-26)13-25(18)36-22;/h7,11-14,16,20,32H,1,8-10H2,2-6H3,(H5,36,37,38,39,40,41,42,43,44);/q;+2/p-2/t16-,20-,32?;/m0./s1. The summed E-state index contributed by atoms with van der Waals surface area (Å²) >= 11 is 0. The maximum Gasteiger partial charge on any atom is 2.00 e. The van der Waals surface area contributed by atoms with E-state index in [1.54, 1.807) is 19.1 Å². The van der Waals surface area contributed by atoms with Gasteiger partial charge < -0.3 is 30.1 Å². The van der Waals surface area contributed by atoms with Crippen molar-refractivity contribution in [3.05, 3.63) is 84.7 Å². The van der Waals surface area contributed by atoms with Crippen LogP contribution in [0.4, 0.5) is 0 Å². The number of nitrogens with one attached hydrogen (secondary N) is 2. The number of aromatic nitrogens is 3. The third-order valence-electron chi connectivity index (χ3n) is 9.53. The zero-order chi connectivity index (χ0) is 32.3. The van der Waals surface area contributed by atoms with Crippen LogP contribution in [0.2, 0.25) is 0 Å². The molecule has 8 bridgehead atoms. The molecule has 0 aromatic carbocycles. The number of aromatic amines is 1. The fourth-order valence-electron chi connectivity index (χ4n) is 7.13. The summed E-state index contributed by atoms with van der Waals surface area (Å²) in [5, 5.41) is 14.2. The molecule has 3 aromatic rings. The molecule has 46 heavy (non-hydrogen) atoms. The number of esters is 1. The van der Waals surface area contributed by atoms with E-state index in [2.05, 4.69) is 16.9 Å². The molecule has 232 valence electrons. The van der Waals surface area contributed by atoms with Crippen molar-refractivity contribution in [2.75, 3.05) is 7.11 Å². The molecule has 2 aliphatic heterocycles. The minimum Gasteiger partial charge on any atom is -0.657 e. The van der Waals surface area contributed by atoms with Crippen molar-refractivity contribution in [3.8, 4) is 0 Å². The summed E-state index contributed by atoms with van der Waals surface area (Å²) in [5.74, 6) is -2.61. The summed E-state index contributed by atoms with van der Waals surface area (Å²) < 4.78 is 5.09. The van der Waals surface area contributed by atoms with Crippen LogP contribution in [0.5, 0.6) is 0 Å². The van der Waals surface area contributed by atoms with Gasteiger partial charge in [-0.1, -0.05) is 49.8 Å². The number of aldehydes is 1. The van der Waals surface area contributed by atoms with E-state index in [0.29, 0.717) is 57.2 Å². The maximum atomic E-state index is 14.0. The van der Waals surface area contributed by atoms with E-state index in [9.17, 15) is 24.3 Å². The van der Waals surface area contributed by atoms with Gasteiger partial charge in [-0.25, -0.2) is 4.79 Å². The third kappa shape index (κ3) is 5.02. The van der Waals surface area contributed by atoms with Gasteiger partial charge in [-0.15, -0.1) is 22.1 Å². The molecule has 5 heterocycles. The first kappa shape index (κ1) is 33.0. The van der Waals surface area contributed by atoms with Gasteiger partial charge in [0.05, 0.1) is 13.2 Å². The molecule has 6 rings (SSSR count). The van der Waals surface area contributed by atoms with Crippen LogP contribution >= 0.6 is 0 Å². The Morgan fingerprint density at radius 3 is 2.46 bits per heavy atom. The number of nitrogens with zero attached hydrogens (tertiary/aromatic N) is 2. The Hall–Kier alpha value is -4.35. The van der Waals surface area contributed by atoms with Crippen molar-refractivity contribution in [3.63, 3.8) is 0 Å². The van der Waals surface area contributed by atoms with Crippen LogP contribution < -0.4 is 26.0 Å². The number of rotatable bonds is 7. The summed E-state index contributed by atoms with van der Waals surface area (Å²) in [4.78, 5) is 64.5. The smallest absolute Gasteiger partial charge is 0.657 e. The Bertz CT molecular complexity index is 2020. The molecule has 3 atom stereocenters. The number of Topliss-reactive ketones (excluding diaryl/α,β-unsaturated/α-hetero) is 1. The van der Waals surface area contributed by atoms with Crippen LogP contribution in [0.3, 0.4) is 0 Å². The number of aliphatic carboxylic acids is 1. The van der Waals surface area contributed by atoms with Gasteiger partial charge in [0.25, 0.3) is 0 Å². The number of hydrogen-bond donors (Lipinski definition) is 3. The number of H-pyrrole nitrogens is 1. The zero-order valence-electron chi connectivity index (χ0n) is 26.5. The predicted molar refractivity (Wildman–Crippen MR) is 174 cm³/mol. The van der Waals surface area contributed by atoms with Crippen molar-refractivity contribution in [2.24, 2.45) is 11.8 Å². The number of carbonyl (C=O) groups excluding carboxylic acids is 3. The number of fused-ring (bicyclic) bond motifs is 8. The van der Waals surface area contributed by atoms with Gasteiger partial charge in [0.15, 0.2) is 5.78 Å². The molecule has 1 unspecified atom stereocenters. The molecule has 0 amide bonds. The monoisotopic (exact) mass is 630 g/mol. The Balaban J connectivity index is 0.00000417. The average molecular weight is 631 g/mol. The van der Waals surface area contributed by atoms with E-state index in [1.807, 2.05) is 32.9 Å². The van der Waals surface area contributed by atoms with Gasteiger partial charge in [-0.05, 0) is 49.8 Å². The molecular weight excluding hydrogens is 597 g/mol. The molecule has 1 aliphatic carbocycles. The minimum atomic E-state index is -0.930. The average Bonchev–Trinajstić information content (AvgIpc) is 3.76. The molecule has 0 saturated carbocycles. The number of ether oxygens (including phenoxy) is 1. The van der Waals surface area contributed by atoms with E-state index in [4.69, 9.17) is 14.7 Å². The number of ketones is 1. The maximum absolute atomic E-state index is 14.0. The van der Waals surface area contributed by atoms with Gasteiger partial charge in [0.2, 0.25) is 0 Å². The first-order chi connectivity index (χ1) is 21.5. The molecular formula is C35H34MgN4O6. The number of carbonyl (C=O) groups is 4. The fourth-order valence-corrected chi connectivity index (χ4v) is 7.13. The van der Waals surface area contributed by atoms with Crippen molar-refractivity contribution >= 4 is 76.9 Å². The summed E-state index contributed by atoms with van der Waals surface area (Å²) in [7, 11) is 1.23. The second kappa shape index (κ2) is 12.4. The van der Waals surface area contributed by atoms with Crippen molar-refractivity contribution in [1.82, 2.24) is 20.3 Å². The Labute approximate surface area is 281 Å². The van der Waals surface area contributed by atoms with Crippen molar-refractivity contribution < 1.29 is 29.0 Å². The van der Waals surface area contributed by atoms with Gasteiger partial charge in [0.1, 0.15) is 11.9 Å². The van der Waals surface area contributed by atoms with Gasteiger partial charge in [0, 0.05) is 46.1 Å². The number of carboxylic acids is 1. The van der Waals surface area contributed by atoms with Gasteiger partial charge in [-0.2, -0.15) is 0 Å². The van der Waals surface area contributed by atoms with E-state index in [0.717, 1.165) is 40.1 Å². The van der Waals surface area contributed by atoms with Crippen LogP contribution in [0.15, 0.2) is 17.8 Å². The molecule has 3 aromatic heterocycles. The molecule has 10 nitrogen and oxygen atoms in total. The first-order valence-electron chi connectivity index (χ1n) is 15.0. The second-order valence-electron chi connectivity index (χ2n) is 11.8. The van der Waals surface area contributed by atoms with E-state index < -0.39 is 23.8 Å². The van der Waals surface area contributed by atoms with E-state index in [-0.39, 0.29) is 46.9 Å². The molecule has 0 spiro atoms. The number of methoxy groups -OCH3 is 1. The van der Waals surface area contributed by atoms with Crippen LogP contribution in [-0.2, 0) is 20.7 Å². The largest absolute Gasteiger partial charge is 2.00 e. The Kier molecular flexibility index (Phi) is 8.93. The van der Waals surface area contributed by atoms with Crippen LogP contribution in [0.1, 0.15) is 92.4 Å². The van der Waals surface area contributed by atoms with Gasteiger partial charge >= 0.3 is 35.0 Å². The number of allylic oxidation sites excluding steroid dienone is 1. The van der Waals surface area contributed by atoms with E-state index in [1.165, 1.54) is 7.11 Å². The number of carboxylic acid groups (broad SMARTS) is 1. The fraction of sp³-hybridized carbons (Fsp3) is 0.314. The van der Waals surface area contributed by atoms with Crippen LogP contribution in [-0.4, -0.2) is 70.3 Å². The number of hydrogen-bond acceptors (Lipinski definition) is 6. The van der Waals surface area contributed by atoms with Crippen LogP contribution in [0.25, 0.3) is 29.9 Å². The summed E-state index contributed by atoms with van der Waals surface area (Å²) in [6, 6.07) is -0.586. The van der Waals surface area contributed by atoms with Gasteiger partial charge in [-0.3, -0.25) is 14.4 Å². The quantitative estimate of drug-likeness (QED) is 0.155. The third-order valence-corrected chi connectivity index (χ3v) is 9.53. The van der Waals surface area contributed by atoms with Crippen molar-refractivity contribution in [1.29, 1.82) is 0 Å². The summed E-state index contributed by atoms with van der Waals surface area (Å²) in [6.45, 7) is 11.7. The van der Waals surface area contributed by atoms with Crippen LogP contribution in [0, 0.1) is 25.7 Å². The Morgan fingerprint density at radius 1 is 1.09 bits per heavy atom. The molecule has 11 heteroatoms. The summed E-state index contributed by atoms with van der Waals surface area (Å²) in [5.41, 5.74) is 7.49. The second-order valence-corrected chi connectivity index (χ2v) is 11.8.